The summed E-state index contributed by atoms with van der Waals surface area (Å²) in [4.78, 5) is 1.27. The first kappa shape index (κ1) is 17.8. The molecule has 1 N–H and O–H groups in total. The van der Waals surface area contributed by atoms with Crippen LogP contribution in [0.25, 0.3) is 0 Å². The van der Waals surface area contributed by atoms with Gasteiger partial charge < -0.3 is 10.1 Å². The Kier molecular flexibility index (Phi) is 7.96. The fourth-order valence-electron chi connectivity index (χ4n) is 1.88. The lowest BCUT2D eigenvalue weighted by Crippen LogP contribution is -2.34. The van der Waals surface area contributed by atoms with Crippen molar-refractivity contribution in [3.8, 4) is 0 Å². The lowest BCUT2D eigenvalue weighted by molar-refractivity contribution is 0.0122. The van der Waals surface area contributed by atoms with Crippen molar-refractivity contribution in [2.45, 2.75) is 50.2 Å². The monoisotopic (exact) mass is 315 g/mol. The molecule has 4 heteroatoms. The standard InChI is InChI=1S/C16H26ClNOS/c1-5-18-14(10-11-16(2,3)19-4)12-20-15-8-6-13(17)7-9-15/h6-9,14,18H,5,10-12H2,1-4H3. The zero-order valence-electron chi connectivity index (χ0n) is 12.9. The molecule has 1 aromatic rings. The van der Waals surface area contributed by atoms with Gasteiger partial charge in [-0.3, -0.25) is 0 Å². The van der Waals surface area contributed by atoms with Crippen LogP contribution in [0.3, 0.4) is 0 Å². The molecule has 2 nitrogen and oxygen atoms in total. The number of ether oxygens (including phenoxy) is 1. The van der Waals surface area contributed by atoms with E-state index in [2.05, 4.69) is 38.2 Å². The van der Waals surface area contributed by atoms with Gasteiger partial charge in [-0.1, -0.05) is 18.5 Å². The molecule has 114 valence electrons. The first-order valence-corrected chi connectivity index (χ1v) is 8.50. The van der Waals surface area contributed by atoms with Crippen LogP contribution in [0.4, 0.5) is 0 Å². The Morgan fingerprint density at radius 2 is 1.95 bits per heavy atom. The van der Waals surface area contributed by atoms with E-state index in [0.29, 0.717) is 6.04 Å². The van der Waals surface area contributed by atoms with Gasteiger partial charge >= 0.3 is 0 Å². The number of nitrogens with one attached hydrogen (secondary N) is 1. The molecule has 0 aromatic heterocycles. The fourth-order valence-corrected chi connectivity index (χ4v) is 3.02. The summed E-state index contributed by atoms with van der Waals surface area (Å²) in [5.74, 6) is 1.06. The van der Waals surface area contributed by atoms with Crippen molar-refractivity contribution in [3.63, 3.8) is 0 Å². The Bertz CT molecular complexity index is 381. The second-order valence-electron chi connectivity index (χ2n) is 5.52. The van der Waals surface area contributed by atoms with Gasteiger partial charge in [-0.05, 0) is 57.5 Å². The molecule has 20 heavy (non-hydrogen) atoms. The predicted molar refractivity (Wildman–Crippen MR) is 90.0 cm³/mol. The van der Waals surface area contributed by atoms with E-state index in [4.69, 9.17) is 16.3 Å². The lowest BCUT2D eigenvalue weighted by Gasteiger charge is -2.26. The predicted octanol–water partition coefficient (Wildman–Crippen LogP) is 4.62. The van der Waals surface area contributed by atoms with Crippen LogP contribution in [0.5, 0.6) is 0 Å². The van der Waals surface area contributed by atoms with Crippen molar-refractivity contribution in [2.24, 2.45) is 0 Å². The number of hydrogen-bond acceptors (Lipinski definition) is 3. The summed E-state index contributed by atoms with van der Waals surface area (Å²) in [6, 6.07) is 8.56. The zero-order valence-corrected chi connectivity index (χ0v) is 14.5. The summed E-state index contributed by atoms with van der Waals surface area (Å²) in [5, 5.41) is 4.35. The summed E-state index contributed by atoms with van der Waals surface area (Å²) in [7, 11) is 1.78. The Morgan fingerprint density at radius 3 is 2.50 bits per heavy atom. The van der Waals surface area contributed by atoms with Crippen LogP contribution in [-0.2, 0) is 4.74 Å². The highest BCUT2D eigenvalue weighted by atomic mass is 35.5. The second kappa shape index (κ2) is 8.93. The van der Waals surface area contributed by atoms with E-state index in [1.54, 1.807) is 7.11 Å². The minimum absolute atomic E-state index is 0.0430. The lowest BCUT2D eigenvalue weighted by atomic mass is 9.99. The van der Waals surface area contributed by atoms with Gasteiger partial charge in [0.15, 0.2) is 0 Å². The molecule has 0 saturated heterocycles. The maximum atomic E-state index is 5.90. The normalized spacial score (nSPS) is 13.4. The van der Waals surface area contributed by atoms with Gasteiger partial charge in [0.2, 0.25) is 0 Å². The van der Waals surface area contributed by atoms with Crippen LogP contribution in [0.1, 0.15) is 33.6 Å². The van der Waals surface area contributed by atoms with Crippen LogP contribution >= 0.6 is 23.4 Å². The molecule has 1 aromatic carbocycles. The Morgan fingerprint density at radius 1 is 1.30 bits per heavy atom. The molecule has 0 saturated carbocycles. The molecule has 1 unspecified atom stereocenters. The third-order valence-electron chi connectivity index (χ3n) is 3.41. The maximum Gasteiger partial charge on any atom is 0.0623 e. The fraction of sp³-hybridized carbons (Fsp3) is 0.625. The molecule has 0 heterocycles. The number of methoxy groups -OCH3 is 1. The average molecular weight is 316 g/mol. The third kappa shape index (κ3) is 6.98. The molecule has 1 rings (SSSR count). The smallest absolute Gasteiger partial charge is 0.0623 e. The Hall–Kier alpha value is -0.220. The summed E-state index contributed by atoms with van der Waals surface area (Å²) in [5.41, 5.74) is -0.0430. The quantitative estimate of drug-likeness (QED) is 0.672. The van der Waals surface area contributed by atoms with Gasteiger partial charge in [-0.15, -0.1) is 11.8 Å². The maximum absolute atomic E-state index is 5.90. The number of rotatable bonds is 9. The molecule has 0 spiro atoms. The summed E-state index contributed by atoms with van der Waals surface area (Å²) in [6.45, 7) is 7.44. The van der Waals surface area contributed by atoms with Crippen molar-refractivity contribution in [1.29, 1.82) is 0 Å². The van der Waals surface area contributed by atoms with E-state index in [1.807, 2.05) is 23.9 Å². The highest BCUT2D eigenvalue weighted by Gasteiger charge is 2.19. The first-order valence-electron chi connectivity index (χ1n) is 7.13. The highest BCUT2D eigenvalue weighted by Crippen LogP contribution is 2.23. The van der Waals surface area contributed by atoms with Crippen molar-refractivity contribution in [1.82, 2.24) is 5.32 Å². The second-order valence-corrected chi connectivity index (χ2v) is 7.05. The molecule has 1 atom stereocenters. The number of thioether (sulfide) groups is 1. The van der Waals surface area contributed by atoms with E-state index >= 15 is 0 Å². The zero-order chi connectivity index (χ0) is 15.0. The van der Waals surface area contributed by atoms with Crippen LogP contribution in [0.2, 0.25) is 5.02 Å². The molecule has 0 aliphatic rings. The van der Waals surface area contributed by atoms with Crippen molar-refractivity contribution >= 4 is 23.4 Å². The Labute approximate surface area is 132 Å². The van der Waals surface area contributed by atoms with E-state index in [9.17, 15) is 0 Å². The average Bonchev–Trinajstić information content (AvgIpc) is 2.44. The van der Waals surface area contributed by atoms with Crippen molar-refractivity contribution in [2.75, 3.05) is 19.4 Å². The van der Waals surface area contributed by atoms with E-state index in [-0.39, 0.29) is 5.60 Å². The molecular weight excluding hydrogens is 290 g/mol. The SMILES string of the molecule is CCNC(CCC(C)(C)OC)CSc1ccc(Cl)cc1. The summed E-state index contributed by atoms with van der Waals surface area (Å²) >= 11 is 7.78. The minimum atomic E-state index is -0.0430. The van der Waals surface area contributed by atoms with Gasteiger partial charge in [0, 0.05) is 28.8 Å². The van der Waals surface area contributed by atoms with Crippen molar-refractivity contribution in [3.05, 3.63) is 29.3 Å². The molecule has 0 radical (unpaired) electrons. The van der Waals surface area contributed by atoms with Gasteiger partial charge in [0.05, 0.1) is 5.60 Å². The number of hydrogen-bond donors (Lipinski definition) is 1. The molecule has 0 amide bonds. The number of halogens is 1. The van der Waals surface area contributed by atoms with Crippen LogP contribution in [-0.4, -0.2) is 31.1 Å². The molecule has 0 fully saturated rings. The minimum Gasteiger partial charge on any atom is -0.379 e. The van der Waals surface area contributed by atoms with E-state index in [1.165, 1.54) is 4.90 Å². The molecule has 0 bridgehead atoms. The first-order chi connectivity index (χ1) is 9.46. The van der Waals surface area contributed by atoms with Crippen molar-refractivity contribution < 1.29 is 4.74 Å². The topological polar surface area (TPSA) is 21.3 Å². The van der Waals surface area contributed by atoms with E-state index in [0.717, 1.165) is 30.2 Å². The molecular formula is C16H26ClNOS. The van der Waals surface area contributed by atoms with Crippen LogP contribution in [0, 0.1) is 0 Å². The van der Waals surface area contributed by atoms with Gasteiger partial charge in [0.1, 0.15) is 0 Å². The summed E-state index contributed by atoms with van der Waals surface area (Å²) < 4.78 is 5.49. The third-order valence-corrected chi connectivity index (χ3v) is 4.83. The summed E-state index contributed by atoms with van der Waals surface area (Å²) in [6.07, 6.45) is 2.18. The van der Waals surface area contributed by atoms with Gasteiger partial charge in [-0.2, -0.15) is 0 Å². The van der Waals surface area contributed by atoms with Gasteiger partial charge in [0.25, 0.3) is 0 Å². The number of benzene rings is 1. The van der Waals surface area contributed by atoms with Gasteiger partial charge in [-0.25, -0.2) is 0 Å². The molecule has 0 aliphatic heterocycles. The van der Waals surface area contributed by atoms with Crippen LogP contribution in [0.15, 0.2) is 29.2 Å². The van der Waals surface area contributed by atoms with Crippen LogP contribution < -0.4 is 5.32 Å². The highest BCUT2D eigenvalue weighted by molar-refractivity contribution is 7.99. The molecule has 0 aliphatic carbocycles. The van der Waals surface area contributed by atoms with E-state index < -0.39 is 0 Å². The largest absolute Gasteiger partial charge is 0.379 e. The Balaban J connectivity index is 2.44.